The van der Waals surface area contributed by atoms with Crippen LogP contribution in [-0.4, -0.2) is 48.5 Å². The van der Waals surface area contributed by atoms with Crippen LogP contribution in [0.4, 0.5) is 0 Å². The first kappa shape index (κ1) is 20.0. The summed E-state index contributed by atoms with van der Waals surface area (Å²) >= 11 is 1.53. The Morgan fingerprint density at radius 1 is 1.35 bits per heavy atom. The predicted molar refractivity (Wildman–Crippen MR) is 100 cm³/mol. The first-order valence-electron chi connectivity index (χ1n) is 8.20. The van der Waals surface area contributed by atoms with E-state index in [1.807, 2.05) is 19.2 Å². The van der Waals surface area contributed by atoms with E-state index in [2.05, 4.69) is 5.32 Å². The Bertz CT molecular complexity index is 747. The number of ether oxygens (including phenoxy) is 2. The van der Waals surface area contributed by atoms with Crippen molar-refractivity contribution in [2.45, 2.75) is 20.0 Å². The Labute approximate surface area is 156 Å². The fourth-order valence-corrected chi connectivity index (χ4v) is 3.10. The zero-order chi connectivity index (χ0) is 19.1. The number of nitrogens with two attached hydrogens (primary N) is 1. The third kappa shape index (κ3) is 5.62. The molecule has 0 aliphatic heterocycles. The van der Waals surface area contributed by atoms with E-state index in [9.17, 15) is 15.0 Å². The number of hydrogen-bond donors (Lipinski definition) is 4. The van der Waals surface area contributed by atoms with Crippen LogP contribution >= 0.6 is 11.3 Å². The number of carbonyl (C=O) groups is 1. The molecule has 1 amide bonds. The molecular weight excluding hydrogens is 356 g/mol. The molecule has 0 fully saturated rings. The van der Waals surface area contributed by atoms with E-state index < -0.39 is 12.0 Å². The zero-order valence-electron chi connectivity index (χ0n) is 14.8. The number of amides is 1. The summed E-state index contributed by atoms with van der Waals surface area (Å²) < 4.78 is 11.1. The van der Waals surface area contributed by atoms with Crippen molar-refractivity contribution in [3.8, 4) is 16.6 Å². The molecule has 0 radical (unpaired) electrons. The molecule has 1 aromatic carbocycles. The summed E-state index contributed by atoms with van der Waals surface area (Å²) in [6, 6.07) is 4.31. The molecule has 0 aliphatic carbocycles. The molecule has 5 N–H and O–H groups in total. The highest BCUT2D eigenvalue weighted by Gasteiger charge is 2.10. The molecule has 0 saturated heterocycles. The average molecular weight is 380 g/mol. The van der Waals surface area contributed by atoms with Gasteiger partial charge < -0.3 is 30.7 Å². The minimum atomic E-state index is -0.717. The van der Waals surface area contributed by atoms with Gasteiger partial charge in [0.2, 0.25) is 0 Å². The molecular formula is C18H24N2O5S. The average Bonchev–Trinajstić information content (AvgIpc) is 2.92. The first-order valence-corrected chi connectivity index (χ1v) is 9.08. The molecule has 0 aliphatic rings. The molecule has 1 unspecified atom stereocenters. The molecule has 1 atom stereocenters. The molecule has 0 saturated carbocycles. The molecule has 1 aromatic heterocycles. The molecule has 2 aromatic rings. The minimum absolute atomic E-state index is 0.0159. The van der Waals surface area contributed by atoms with Crippen LogP contribution in [0.25, 0.3) is 0 Å². The number of nitrogens with one attached hydrogen (secondary N) is 1. The van der Waals surface area contributed by atoms with Crippen LogP contribution in [0.1, 0.15) is 21.5 Å². The van der Waals surface area contributed by atoms with Gasteiger partial charge in [0.05, 0.1) is 5.56 Å². The lowest BCUT2D eigenvalue weighted by atomic mass is 10.2. The highest BCUT2D eigenvalue weighted by Crippen LogP contribution is 2.29. The van der Waals surface area contributed by atoms with Gasteiger partial charge >= 0.3 is 0 Å². The number of aromatic hydroxyl groups is 1. The van der Waals surface area contributed by atoms with Crippen molar-refractivity contribution >= 4 is 17.2 Å². The standard InChI is InChI=1S/C18H24N2O5S/c1-11-10-26-18(12(11)2)25-9-13(21)8-20-5-6-24-14-3-4-16(22)15(7-14)17(19)23/h3-4,7,10,13,20-22H,5-6,8-9H2,1-2H3,(H2,19,23). The molecule has 7 nitrogen and oxygen atoms in total. The summed E-state index contributed by atoms with van der Waals surface area (Å²) in [6.45, 7) is 5.44. The number of aryl methyl sites for hydroxylation is 1. The van der Waals surface area contributed by atoms with Crippen LogP contribution in [-0.2, 0) is 0 Å². The maximum Gasteiger partial charge on any atom is 0.252 e. The quantitative estimate of drug-likeness (QED) is 0.465. The van der Waals surface area contributed by atoms with Crippen LogP contribution in [0.3, 0.4) is 0 Å². The van der Waals surface area contributed by atoms with Crippen molar-refractivity contribution in [1.29, 1.82) is 0 Å². The van der Waals surface area contributed by atoms with E-state index in [4.69, 9.17) is 15.2 Å². The van der Waals surface area contributed by atoms with E-state index in [-0.39, 0.29) is 17.9 Å². The first-order chi connectivity index (χ1) is 12.4. The Morgan fingerprint density at radius 2 is 2.12 bits per heavy atom. The van der Waals surface area contributed by atoms with Crippen molar-refractivity contribution in [1.82, 2.24) is 5.32 Å². The van der Waals surface area contributed by atoms with Crippen LogP contribution in [0.2, 0.25) is 0 Å². The van der Waals surface area contributed by atoms with Gasteiger partial charge in [0, 0.05) is 18.7 Å². The van der Waals surface area contributed by atoms with E-state index in [0.717, 1.165) is 10.6 Å². The second-order valence-electron chi connectivity index (χ2n) is 5.89. The maximum absolute atomic E-state index is 11.2. The molecule has 2 rings (SSSR count). The number of benzene rings is 1. The zero-order valence-corrected chi connectivity index (χ0v) is 15.6. The van der Waals surface area contributed by atoms with Gasteiger partial charge in [-0.1, -0.05) is 0 Å². The third-order valence-corrected chi connectivity index (χ3v) is 4.92. The normalized spacial score (nSPS) is 12.0. The van der Waals surface area contributed by atoms with E-state index in [0.29, 0.717) is 25.4 Å². The fourth-order valence-electron chi connectivity index (χ4n) is 2.16. The van der Waals surface area contributed by atoms with Crippen LogP contribution in [0.15, 0.2) is 23.6 Å². The Morgan fingerprint density at radius 3 is 2.77 bits per heavy atom. The van der Waals surface area contributed by atoms with Crippen molar-refractivity contribution < 1.29 is 24.5 Å². The van der Waals surface area contributed by atoms with Gasteiger partial charge in [-0.05, 0) is 43.0 Å². The molecule has 142 valence electrons. The molecule has 26 heavy (non-hydrogen) atoms. The lowest BCUT2D eigenvalue weighted by Gasteiger charge is -2.13. The van der Waals surface area contributed by atoms with Crippen LogP contribution < -0.4 is 20.5 Å². The number of aliphatic hydroxyl groups excluding tert-OH is 1. The highest BCUT2D eigenvalue weighted by molar-refractivity contribution is 7.12. The highest BCUT2D eigenvalue weighted by atomic mass is 32.1. The third-order valence-electron chi connectivity index (χ3n) is 3.81. The Hall–Kier alpha value is -2.29. The van der Waals surface area contributed by atoms with Gasteiger partial charge in [-0.25, -0.2) is 0 Å². The summed E-state index contributed by atoms with van der Waals surface area (Å²) in [7, 11) is 0. The smallest absolute Gasteiger partial charge is 0.252 e. The van der Waals surface area contributed by atoms with Crippen molar-refractivity contribution in [2.75, 3.05) is 26.3 Å². The number of primary amides is 1. The van der Waals surface area contributed by atoms with Crippen molar-refractivity contribution in [3.05, 3.63) is 40.3 Å². The maximum atomic E-state index is 11.2. The van der Waals surface area contributed by atoms with Crippen LogP contribution in [0.5, 0.6) is 16.6 Å². The van der Waals surface area contributed by atoms with Crippen molar-refractivity contribution in [3.63, 3.8) is 0 Å². The summed E-state index contributed by atoms with van der Waals surface area (Å²) in [5, 5.41) is 25.4. The van der Waals surface area contributed by atoms with Gasteiger partial charge in [-0.15, -0.1) is 11.3 Å². The number of thiophene rings is 1. The number of hydrogen-bond acceptors (Lipinski definition) is 7. The monoisotopic (exact) mass is 380 g/mol. The second kappa shape index (κ2) is 9.42. The van der Waals surface area contributed by atoms with Crippen LogP contribution in [0, 0.1) is 13.8 Å². The lowest BCUT2D eigenvalue weighted by Crippen LogP contribution is -2.33. The number of phenols is 1. The molecule has 0 bridgehead atoms. The minimum Gasteiger partial charge on any atom is -0.507 e. The van der Waals surface area contributed by atoms with E-state index in [1.165, 1.54) is 29.0 Å². The number of carbonyl (C=O) groups excluding carboxylic acids is 1. The second-order valence-corrected chi connectivity index (χ2v) is 6.73. The number of aliphatic hydroxyl groups is 1. The fraction of sp³-hybridized carbons (Fsp3) is 0.389. The summed E-state index contributed by atoms with van der Waals surface area (Å²) in [4.78, 5) is 11.2. The molecule has 8 heteroatoms. The SMILES string of the molecule is Cc1csc(OCC(O)CNCCOc2ccc(O)c(C(N)=O)c2)c1C. The van der Waals surface area contributed by atoms with Gasteiger partial charge in [-0.2, -0.15) is 0 Å². The van der Waals surface area contributed by atoms with Gasteiger partial charge in [0.1, 0.15) is 30.8 Å². The summed E-state index contributed by atoms with van der Waals surface area (Å²) in [5.41, 5.74) is 7.47. The molecule has 0 spiro atoms. The predicted octanol–water partition coefficient (Wildman–Crippen LogP) is 1.58. The number of rotatable bonds is 10. The van der Waals surface area contributed by atoms with Crippen molar-refractivity contribution in [2.24, 2.45) is 5.73 Å². The Balaban J connectivity index is 1.65. The van der Waals surface area contributed by atoms with E-state index in [1.54, 1.807) is 6.07 Å². The Kier molecular flexibility index (Phi) is 7.26. The lowest BCUT2D eigenvalue weighted by molar-refractivity contribution is 0.0996. The largest absolute Gasteiger partial charge is 0.507 e. The van der Waals surface area contributed by atoms with Gasteiger partial charge in [0.25, 0.3) is 5.91 Å². The summed E-state index contributed by atoms with van der Waals surface area (Å²) in [6.07, 6.45) is -0.632. The molecule has 1 heterocycles. The van der Waals surface area contributed by atoms with Gasteiger partial charge in [0.15, 0.2) is 5.06 Å². The van der Waals surface area contributed by atoms with E-state index >= 15 is 0 Å². The summed E-state index contributed by atoms with van der Waals surface area (Å²) in [5.74, 6) is -0.460. The topological polar surface area (TPSA) is 114 Å². The van der Waals surface area contributed by atoms with Gasteiger partial charge in [-0.3, -0.25) is 4.79 Å².